The van der Waals surface area contributed by atoms with E-state index in [2.05, 4.69) is 74.6 Å². The molecule has 0 aromatic rings. The number of nitrogens with zero attached hydrogens (tertiary/aromatic N) is 1. The standard InChI is InChI=1S/C68H126NO8P/c1-6-8-10-12-14-16-18-20-22-24-25-26-27-28-29-30-31-32-33-34-35-36-37-38-39-40-41-42-43-45-47-49-51-53-55-57-59-61-68(71)77-66(65-76-78(72,73)75-63-62-69(3,4)5)64-74-67(70)60-58-56-54-52-50-48-46-44-23-21-19-17-15-13-11-9-7-2/h15,17-18,20-21,23-25,27-28,66H,6-14,16,19,22,26,29-65H2,1-5H3/b17-15-,20-18-,23-21-,25-24-,28-27-. The number of likely N-dealkylation sites (N-methyl/N-ethyl adjacent to an activating group) is 1. The molecule has 0 saturated carbocycles. The molecule has 0 aromatic heterocycles. The Kier molecular flexibility index (Phi) is 57.6. The van der Waals surface area contributed by atoms with Crippen molar-refractivity contribution in [3.05, 3.63) is 60.8 Å². The van der Waals surface area contributed by atoms with E-state index in [1.807, 2.05) is 21.1 Å². The molecule has 0 aliphatic carbocycles. The van der Waals surface area contributed by atoms with E-state index in [1.165, 1.54) is 205 Å². The number of phosphoric ester groups is 1. The van der Waals surface area contributed by atoms with Crippen molar-refractivity contribution in [2.24, 2.45) is 0 Å². The van der Waals surface area contributed by atoms with Crippen molar-refractivity contribution >= 4 is 19.8 Å². The minimum Gasteiger partial charge on any atom is -0.756 e. The van der Waals surface area contributed by atoms with Crippen LogP contribution in [0.4, 0.5) is 0 Å². The van der Waals surface area contributed by atoms with Crippen LogP contribution in [0.2, 0.25) is 0 Å². The van der Waals surface area contributed by atoms with E-state index < -0.39 is 26.5 Å². The summed E-state index contributed by atoms with van der Waals surface area (Å²) in [5, 5.41) is 0. The maximum atomic E-state index is 12.8. The predicted molar refractivity (Wildman–Crippen MR) is 333 cm³/mol. The zero-order valence-corrected chi connectivity index (χ0v) is 52.8. The summed E-state index contributed by atoms with van der Waals surface area (Å²) in [4.78, 5) is 37.9. The zero-order valence-electron chi connectivity index (χ0n) is 51.9. The lowest BCUT2D eigenvalue weighted by Crippen LogP contribution is -2.37. The SMILES string of the molecule is CCCCC/C=C\C/C=C\CCCCCCCCCC(=O)OCC(COP(=O)([O-])OCC[N+](C)(C)C)OC(=O)CCCCCCCCCCCCCCCCCCCCCCCC/C=C\C/C=C\C/C=C\CCCCCCC. The minimum atomic E-state index is -4.64. The van der Waals surface area contributed by atoms with Crippen LogP contribution in [0.3, 0.4) is 0 Å². The fourth-order valence-corrected chi connectivity index (χ4v) is 10.1. The summed E-state index contributed by atoms with van der Waals surface area (Å²) < 4.78 is 34.2. The molecular formula is C68H126NO8P. The number of phosphoric acid groups is 1. The number of carbonyl (C=O) groups excluding carboxylic acids is 2. The third kappa shape index (κ3) is 62.9. The maximum Gasteiger partial charge on any atom is 0.306 e. The number of hydrogen-bond acceptors (Lipinski definition) is 8. The molecule has 0 spiro atoms. The van der Waals surface area contributed by atoms with Crippen LogP contribution in [0.5, 0.6) is 0 Å². The number of hydrogen-bond donors (Lipinski definition) is 0. The van der Waals surface area contributed by atoms with Crippen LogP contribution in [-0.4, -0.2) is 70.0 Å². The molecule has 0 aliphatic heterocycles. The molecule has 0 heterocycles. The summed E-state index contributed by atoms with van der Waals surface area (Å²) >= 11 is 0. The largest absolute Gasteiger partial charge is 0.756 e. The van der Waals surface area contributed by atoms with Gasteiger partial charge in [0.1, 0.15) is 19.8 Å². The van der Waals surface area contributed by atoms with Crippen LogP contribution < -0.4 is 4.89 Å². The van der Waals surface area contributed by atoms with E-state index in [-0.39, 0.29) is 32.0 Å². The Morgan fingerprint density at radius 3 is 1.05 bits per heavy atom. The van der Waals surface area contributed by atoms with Crippen molar-refractivity contribution < 1.29 is 42.1 Å². The lowest BCUT2D eigenvalue weighted by Gasteiger charge is -2.28. The fourth-order valence-electron chi connectivity index (χ4n) is 9.40. The maximum absolute atomic E-state index is 12.8. The van der Waals surface area contributed by atoms with Gasteiger partial charge in [-0.25, -0.2) is 0 Å². The van der Waals surface area contributed by atoms with E-state index in [0.717, 1.165) is 70.6 Å². The average molecular weight is 1120 g/mol. The van der Waals surface area contributed by atoms with Gasteiger partial charge in [-0.2, -0.15) is 0 Å². The molecule has 0 N–H and O–H groups in total. The van der Waals surface area contributed by atoms with Gasteiger partial charge >= 0.3 is 11.9 Å². The van der Waals surface area contributed by atoms with Crippen LogP contribution in [0.15, 0.2) is 60.8 Å². The van der Waals surface area contributed by atoms with Crippen molar-refractivity contribution in [2.45, 2.75) is 315 Å². The first kappa shape index (κ1) is 75.7. The molecule has 0 rings (SSSR count). The number of carbonyl (C=O) groups is 2. The number of esters is 2. The normalized spacial score (nSPS) is 13.6. The van der Waals surface area contributed by atoms with Crippen molar-refractivity contribution in [3.63, 3.8) is 0 Å². The summed E-state index contributed by atoms with van der Waals surface area (Å²) in [5.41, 5.74) is 0. The Labute approximate surface area is 483 Å². The van der Waals surface area contributed by atoms with Crippen LogP contribution in [0.1, 0.15) is 309 Å². The predicted octanol–water partition coefficient (Wildman–Crippen LogP) is 20.4. The highest BCUT2D eigenvalue weighted by atomic mass is 31.2. The summed E-state index contributed by atoms with van der Waals surface area (Å²) in [5.74, 6) is -0.831. The summed E-state index contributed by atoms with van der Waals surface area (Å²) in [6.07, 6.45) is 77.3. The highest BCUT2D eigenvalue weighted by Gasteiger charge is 2.22. The molecule has 0 fully saturated rings. The molecule has 0 radical (unpaired) electrons. The van der Waals surface area contributed by atoms with Gasteiger partial charge in [0.15, 0.2) is 6.10 Å². The second kappa shape index (κ2) is 59.3. The van der Waals surface area contributed by atoms with Gasteiger partial charge in [-0.3, -0.25) is 14.2 Å². The van der Waals surface area contributed by atoms with Crippen LogP contribution in [0.25, 0.3) is 0 Å². The van der Waals surface area contributed by atoms with E-state index in [0.29, 0.717) is 17.4 Å². The first-order chi connectivity index (χ1) is 38.0. The van der Waals surface area contributed by atoms with Crippen molar-refractivity contribution in [3.8, 4) is 0 Å². The van der Waals surface area contributed by atoms with Crippen molar-refractivity contribution in [1.82, 2.24) is 0 Å². The van der Waals surface area contributed by atoms with Gasteiger partial charge in [0.25, 0.3) is 7.82 Å². The van der Waals surface area contributed by atoms with Gasteiger partial charge in [-0.15, -0.1) is 0 Å². The van der Waals surface area contributed by atoms with E-state index in [4.69, 9.17) is 18.5 Å². The quantitative estimate of drug-likeness (QED) is 0.0195. The minimum absolute atomic E-state index is 0.0319. The fraction of sp³-hybridized carbons (Fsp3) is 0.824. The second-order valence-electron chi connectivity index (χ2n) is 23.5. The second-order valence-corrected chi connectivity index (χ2v) is 24.9. The van der Waals surface area contributed by atoms with Gasteiger partial charge in [0.2, 0.25) is 0 Å². The first-order valence-electron chi connectivity index (χ1n) is 33.0. The number of allylic oxidation sites excluding steroid dienone is 10. The van der Waals surface area contributed by atoms with Crippen molar-refractivity contribution in [2.75, 3.05) is 47.5 Å². The van der Waals surface area contributed by atoms with Crippen LogP contribution in [0, 0.1) is 0 Å². The molecule has 0 saturated heterocycles. The van der Waals surface area contributed by atoms with Crippen LogP contribution in [-0.2, 0) is 32.7 Å². The third-order valence-electron chi connectivity index (χ3n) is 14.5. The molecule has 78 heavy (non-hydrogen) atoms. The zero-order chi connectivity index (χ0) is 57.0. The molecule has 2 atom stereocenters. The smallest absolute Gasteiger partial charge is 0.306 e. The molecule has 0 aromatic carbocycles. The van der Waals surface area contributed by atoms with Gasteiger partial charge in [0, 0.05) is 12.8 Å². The molecular weight excluding hydrogens is 990 g/mol. The number of unbranched alkanes of at least 4 members (excludes halogenated alkanes) is 37. The van der Waals surface area contributed by atoms with E-state index in [9.17, 15) is 19.0 Å². The summed E-state index contributed by atoms with van der Waals surface area (Å²) in [7, 11) is 1.17. The Balaban J connectivity index is 3.96. The molecule has 456 valence electrons. The number of quaternary nitrogens is 1. The van der Waals surface area contributed by atoms with Crippen molar-refractivity contribution in [1.29, 1.82) is 0 Å². The Hall–Kier alpha value is -2.29. The monoisotopic (exact) mass is 1120 g/mol. The van der Waals surface area contributed by atoms with E-state index in [1.54, 1.807) is 0 Å². The lowest BCUT2D eigenvalue weighted by atomic mass is 10.0. The highest BCUT2D eigenvalue weighted by Crippen LogP contribution is 2.38. The third-order valence-corrected chi connectivity index (χ3v) is 15.5. The van der Waals surface area contributed by atoms with Gasteiger partial charge in [0.05, 0.1) is 27.7 Å². The average Bonchev–Trinajstić information content (AvgIpc) is 3.41. The van der Waals surface area contributed by atoms with Gasteiger partial charge in [-0.1, -0.05) is 274 Å². The Morgan fingerprint density at radius 2 is 0.692 bits per heavy atom. The summed E-state index contributed by atoms with van der Waals surface area (Å²) in [6, 6.07) is 0. The molecule has 0 bridgehead atoms. The Bertz CT molecular complexity index is 1500. The molecule has 9 nitrogen and oxygen atoms in total. The van der Waals surface area contributed by atoms with Gasteiger partial charge in [-0.05, 0) is 83.5 Å². The van der Waals surface area contributed by atoms with Gasteiger partial charge < -0.3 is 27.9 Å². The van der Waals surface area contributed by atoms with E-state index >= 15 is 0 Å². The lowest BCUT2D eigenvalue weighted by molar-refractivity contribution is -0.870. The topological polar surface area (TPSA) is 111 Å². The van der Waals surface area contributed by atoms with Crippen LogP contribution >= 0.6 is 7.82 Å². The number of rotatable bonds is 61. The number of ether oxygens (including phenoxy) is 2. The molecule has 0 amide bonds. The Morgan fingerprint density at radius 1 is 0.397 bits per heavy atom. The summed E-state index contributed by atoms with van der Waals surface area (Å²) in [6.45, 7) is 4.23. The molecule has 10 heteroatoms. The highest BCUT2D eigenvalue weighted by molar-refractivity contribution is 7.45. The first-order valence-corrected chi connectivity index (χ1v) is 34.5. The molecule has 0 aliphatic rings. The molecule has 2 unspecified atom stereocenters.